The predicted molar refractivity (Wildman–Crippen MR) is 67.1 cm³/mol. The van der Waals surface area contributed by atoms with Crippen molar-refractivity contribution in [1.82, 2.24) is 4.90 Å². The fourth-order valence-electron chi connectivity index (χ4n) is 2.38. The molecule has 0 aliphatic carbocycles. The average Bonchev–Trinajstić information content (AvgIpc) is 2.50. The molecule has 5 nitrogen and oxygen atoms in total. The number of ether oxygens (including phenoxy) is 2. The van der Waals surface area contributed by atoms with Crippen LogP contribution in [-0.4, -0.2) is 41.8 Å². The van der Waals surface area contributed by atoms with Gasteiger partial charge in [-0.3, -0.25) is 4.79 Å². The first-order chi connectivity index (χ1) is 8.17. The molecule has 104 valence electrons. The van der Waals surface area contributed by atoms with E-state index in [9.17, 15) is 9.59 Å². The van der Waals surface area contributed by atoms with E-state index in [1.54, 1.807) is 4.90 Å². The Morgan fingerprint density at radius 3 is 2.22 bits per heavy atom. The molecule has 0 radical (unpaired) electrons. The molecule has 3 atom stereocenters. The van der Waals surface area contributed by atoms with Gasteiger partial charge in [0.1, 0.15) is 5.60 Å². The van der Waals surface area contributed by atoms with Gasteiger partial charge in [0.25, 0.3) is 0 Å². The van der Waals surface area contributed by atoms with E-state index in [2.05, 4.69) is 0 Å². The number of esters is 1. The molecular formula is C13H23NO4. The van der Waals surface area contributed by atoms with Crippen LogP contribution in [0.4, 0.5) is 4.79 Å². The smallest absolute Gasteiger partial charge is 0.410 e. The fourth-order valence-corrected chi connectivity index (χ4v) is 2.38. The zero-order valence-corrected chi connectivity index (χ0v) is 12.0. The Morgan fingerprint density at radius 1 is 1.22 bits per heavy atom. The minimum absolute atomic E-state index is 0.0149. The van der Waals surface area contributed by atoms with Crippen molar-refractivity contribution < 1.29 is 19.1 Å². The first kappa shape index (κ1) is 14.8. The Balaban J connectivity index is 2.78. The Morgan fingerprint density at radius 2 is 1.78 bits per heavy atom. The highest BCUT2D eigenvalue weighted by atomic mass is 16.6. The van der Waals surface area contributed by atoms with Crippen molar-refractivity contribution >= 4 is 12.1 Å². The standard InChI is InChI=1S/C13H23NO4/c1-8-7-10(11(15)17-6)9(2)14(8)12(16)18-13(3,4)5/h8-10H,7H2,1-6H3/t8-,9+,10+/m1/s1. The van der Waals surface area contributed by atoms with E-state index >= 15 is 0 Å². The summed E-state index contributed by atoms with van der Waals surface area (Å²) in [6.07, 6.45) is 0.251. The number of carbonyl (C=O) groups is 2. The first-order valence-electron chi connectivity index (χ1n) is 6.26. The third-order valence-electron chi connectivity index (χ3n) is 3.20. The molecule has 1 amide bonds. The molecule has 1 heterocycles. The predicted octanol–water partition coefficient (Wildman–Crippen LogP) is 2.19. The lowest BCUT2D eigenvalue weighted by molar-refractivity contribution is -0.145. The molecule has 0 bridgehead atoms. The quantitative estimate of drug-likeness (QED) is 0.676. The normalized spacial score (nSPS) is 28.1. The van der Waals surface area contributed by atoms with E-state index < -0.39 is 5.60 Å². The molecule has 18 heavy (non-hydrogen) atoms. The summed E-state index contributed by atoms with van der Waals surface area (Å²) >= 11 is 0. The zero-order valence-electron chi connectivity index (χ0n) is 12.0. The lowest BCUT2D eigenvalue weighted by atomic mass is 10.0. The fraction of sp³-hybridized carbons (Fsp3) is 0.846. The van der Waals surface area contributed by atoms with E-state index in [-0.39, 0.29) is 30.1 Å². The molecule has 0 aromatic heterocycles. The number of likely N-dealkylation sites (tertiary alicyclic amines) is 1. The van der Waals surface area contributed by atoms with Crippen molar-refractivity contribution in [3.05, 3.63) is 0 Å². The van der Waals surface area contributed by atoms with Gasteiger partial charge in [-0.15, -0.1) is 0 Å². The Labute approximate surface area is 108 Å². The van der Waals surface area contributed by atoms with Gasteiger partial charge in [-0.05, 0) is 41.0 Å². The van der Waals surface area contributed by atoms with E-state index in [0.717, 1.165) is 0 Å². The second-order valence-electron chi connectivity index (χ2n) is 5.84. The average molecular weight is 257 g/mol. The maximum absolute atomic E-state index is 12.1. The molecule has 1 aliphatic rings. The maximum Gasteiger partial charge on any atom is 0.410 e. The van der Waals surface area contributed by atoms with Crippen LogP contribution in [0.25, 0.3) is 0 Å². The number of amides is 1. The molecule has 1 saturated heterocycles. The van der Waals surface area contributed by atoms with Crippen molar-refractivity contribution in [1.29, 1.82) is 0 Å². The molecule has 0 unspecified atom stereocenters. The molecule has 0 N–H and O–H groups in total. The molecular weight excluding hydrogens is 234 g/mol. The van der Waals surface area contributed by atoms with E-state index in [0.29, 0.717) is 6.42 Å². The van der Waals surface area contributed by atoms with Gasteiger partial charge in [0, 0.05) is 12.1 Å². The number of methoxy groups -OCH3 is 1. The van der Waals surface area contributed by atoms with Crippen molar-refractivity contribution in [2.75, 3.05) is 7.11 Å². The van der Waals surface area contributed by atoms with Crippen LogP contribution in [0.1, 0.15) is 41.0 Å². The summed E-state index contributed by atoms with van der Waals surface area (Å²) in [6.45, 7) is 9.26. The molecule has 1 aliphatic heterocycles. The molecule has 5 heteroatoms. The number of hydrogen-bond donors (Lipinski definition) is 0. The minimum atomic E-state index is -0.528. The van der Waals surface area contributed by atoms with Gasteiger partial charge in [0.05, 0.1) is 13.0 Å². The van der Waals surface area contributed by atoms with Crippen LogP contribution in [0.5, 0.6) is 0 Å². The summed E-state index contributed by atoms with van der Waals surface area (Å²) in [5, 5.41) is 0. The van der Waals surface area contributed by atoms with Crippen LogP contribution in [0.2, 0.25) is 0 Å². The van der Waals surface area contributed by atoms with Gasteiger partial charge in [-0.25, -0.2) is 4.79 Å². The molecule has 1 rings (SSSR count). The summed E-state index contributed by atoms with van der Waals surface area (Å²) < 4.78 is 10.1. The number of rotatable bonds is 1. The van der Waals surface area contributed by atoms with Crippen LogP contribution in [-0.2, 0) is 14.3 Å². The number of hydrogen-bond acceptors (Lipinski definition) is 4. The van der Waals surface area contributed by atoms with Crippen molar-refractivity contribution in [3.8, 4) is 0 Å². The molecule has 0 aromatic rings. The summed E-state index contributed by atoms with van der Waals surface area (Å²) in [7, 11) is 1.37. The largest absolute Gasteiger partial charge is 0.469 e. The molecule has 0 spiro atoms. The maximum atomic E-state index is 12.1. The van der Waals surface area contributed by atoms with Gasteiger partial charge in [0.2, 0.25) is 0 Å². The Hall–Kier alpha value is -1.26. The van der Waals surface area contributed by atoms with Gasteiger partial charge < -0.3 is 14.4 Å². The van der Waals surface area contributed by atoms with Crippen molar-refractivity contribution in [2.24, 2.45) is 5.92 Å². The van der Waals surface area contributed by atoms with E-state index in [1.165, 1.54) is 7.11 Å². The highest BCUT2D eigenvalue weighted by molar-refractivity contribution is 5.77. The summed E-state index contributed by atoms with van der Waals surface area (Å²) in [6, 6.07) is -0.207. The molecule has 1 fully saturated rings. The SMILES string of the molecule is COC(=O)[C@H]1C[C@@H](C)N(C(=O)OC(C)(C)C)[C@H]1C. The highest BCUT2D eigenvalue weighted by Crippen LogP contribution is 2.31. The zero-order chi connectivity index (χ0) is 14.1. The third-order valence-corrected chi connectivity index (χ3v) is 3.20. The highest BCUT2D eigenvalue weighted by Gasteiger charge is 2.44. The van der Waals surface area contributed by atoms with Crippen molar-refractivity contribution in [2.45, 2.75) is 58.7 Å². The van der Waals surface area contributed by atoms with Crippen molar-refractivity contribution in [3.63, 3.8) is 0 Å². The number of nitrogens with zero attached hydrogens (tertiary/aromatic N) is 1. The first-order valence-corrected chi connectivity index (χ1v) is 6.26. The second kappa shape index (κ2) is 5.16. The summed E-state index contributed by atoms with van der Waals surface area (Å²) in [4.78, 5) is 25.3. The van der Waals surface area contributed by atoms with E-state index in [1.807, 2.05) is 34.6 Å². The van der Waals surface area contributed by atoms with Crippen LogP contribution in [0, 0.1) is 5.92 Å². The van der Waals surface area contributed by atoms with Crippen LogP contribution >= 0.6 is 0 Å². The minimum Gasteiger partial charge on any atom is -0.469 e. The monoisotopic (exact) mass is 257 g/mol. The third kappa shape index (κ3) is 3.15. The lowest BCUT2D eigenvalue weighted by Crippen LogP contribution is -2.43. The Bertz CT molecular complexity index is 334. The van der Waals surface area contributed by atoms with Gasteiger partial charge in [-0.2, -0.15) is 0 Å². The summed E-state index contributed by atoms with van der Waals surface area (Å²) in [5.41, 5.74) is -0.528. The number of carbonyl (C=O) groups excluding carboxylic acids is 2. The van der Waals surface area contributed by atoms with Crippen LogP contribution in [0.3, 0.4) is 0 Å². The van der Waals surface area contributed by atoms with Crippen LogP contribution < -0.4 is 0 Å². The molecule has 0 aromatic carbocycles. The van der Waals surface area contributed by atoms with Gasteiger partial charge in [-0.1, -0.05) is 0 Å². The Kier molecular flexibility index (Phi) is 4.24. The topological polar surface area (TPSA) is 55.8 Å². The second-order valence-corrected chi connectivity index (χ2v) is 5.84. The van der Waals surface area contributed by atoms with Crippen LogP contribution in [0.15, 0.2) is 0 Å². The summed E-state index contributed by atoms with van der Waals surface area (Å²) in [5.74, 6) is -0.530. The van der Waals surface area contributed by atoms with E-state index in [4.69, 9.17) is 9.47 Å². The van der Waals surface area contributed by atoms with Gasteiger partial charge in [0.15, 0.2) is 0 Å². The van der Waals surface area contributed by atoms with Gasteiger partial charge >= 0.3 is 12.1 Å². The lowest BCUT2D eigenvalue weighted by Gasteiger charge is -2.30. The molecule has 0 saturated carbocycles.